The summed E-state index contributed by atoms with van der Waals surface area (Å²) in [6.07, 6.45) is -3.10. The van der Waals surface area contributed by atoms with Gasteiger partial charge in [-0.3, -0.25) is 4.79 Å². The van der Waals surface area contributed by atoms with Gasteiger partial charge < -0.3 is 10.5 Å². The Kier molecular flexibility index (Phi) is 3.87. The Bertz CT molecular complexity index is 118. The number of ether oxygens (including phenoxy) is 1. The topological polar surface area (TPSA) is 52.3 Å². The molecule has 0 bridgehead atoms. The van der Waals surface area contributed by atoms with Crippen molar-refractivity contribution in [3.8, 4) is 0 Å². The van der Waals surface area contributed by atoms with E-state index in [2.05, 4.69) is 4.74 Å². The van der Waals surface area contributed by atoms with E-state index in [0.717, 1.165) is 7.11 Å². The molecule has 0 aliphatic heterocycles. The van der Waals surface area contributed by atoms with E-state index in [1.807, 2.05) is 0 Å². The van der Waals surface area contributed by atoms with Gasteiger partial charge in [0.2, 0.25) is 0 Å². The van der Waals surface area contributed by atoms with Crippen LogP contribution in [-0.4, -0.2) is 25.5 Å². The third-order valence-electron chi connectivity index (χ3n) is 0.954. The summed E-state index contributed by atoms with van der Waals surface area (Å²) in [5, 5.41) is 0. The fraction of sp³-hybridized carbons (Fsp3) is 0.800. The Balaban J connectivity index is 3.57. The van der Waals surface area contributed by atoms with Crippen LogP contribution in [0.3, 0.4) is 0 Å². The van der Waals surface area contributed by atoms with E-state index >= 15 is 0 Å². The van der Waals surface area contributed by atoms with E-state index in [1.54, 1.807) is 0 Å². The van der Waals surface area contributed by atoms with Crippen molar-refractivity contribution >= 4 is 5.97 Å². The van der Waals surface area contributed by atoms with Crippen LogP contribution in [-0.2, 0) is 9.53 Å². The molecule has 0 amide bonds. The zero-order chi connectivity index (χ0) is 8.15. The Morgan fingerprint density at radius 1 is 1.70 bits per heavy atom. The van der Waals surface area contributed by atoms with Crippen LogP contribution in [0.15, 0.2) is 0 Å². The lowest BCUT2D eigenvalue weighted by molar-refractivity contribution is -0.141. The van der Waals surface area contributed by atoms with Crippen molar-refractivity contribution in [3.63, 3.8) is 0 Å². The molecule has 0 aromatic rings. The Labute approximate surface area is 57.1 Å². The second-order valence-electron chi connectivity index (χ2n) is 1.78. The zero-order valence-electron chi connectivity index (χ0n) is 5.51. The number of hydrogen-bond donors (Lipinski definition) is 1. The monoisotopic (exact) mass is 153 g/mol. The van der Waals surface area contributed by atoms with Gasteiger partial charge in [0.25, 0.3) is 6.43 Å². The number of nitrogens with two attached hydrogens (primary N) is 1. The summed E-state index contributed by atoms with van der Waals surface area (Å²) < 4.78 is 27.3. The largest absolute Gasteiger partial charge is 0.469 e. The standard InChI is InChI=1S/C5H9F2NO2/c1-10-4(9)2-3(8)5(6)7/h3,5H,2,8H2,1H3. The fourth-order valence-corrected chi connectivity index (χ4v) is 0.365. The molecule has 0 aliphatic rings. The summed E-state index contributed by atoms with van der Waals surface area (Å²) >= 11 is 0. The van der Waals surface area contributed by atoms with Crippen molar-refractivity contribution in [1.29, 1.82) is 0 Å². The van der Waals surface area contributed by atoms with Crippen LogP contribution in [0.2, 0.25) is 0 Å². The predicted molar refractivity (Wildman–Crippen MR) is 30.6 cm³/mol. The maximum atomic E-state index is 11.6. The summed E-state index contributed by atoms with van der Waals surface area (Å²) in [6.45, 7) is 0. The van der Waals surface area contributed by atoms with Gasteiger partial charge in [-0.2, -0.15) is 0 Å². The van der Waals surface area contributed by atoms with Gasteiger partial charge in [0.05, 0.1) is 19.6 Å². The van der Waals surface area contributed by atoms with Crippen molar-refractivity contribution in [2.75, 3.05) is 7.11 Å². The summed E-state index contributed by atoms with van der Waals surface area (Å²) in [5.74, 6) is -0.715. The van der Waals surface area contributed by atoms with Crippen LogP contribution in [0, 0.1) is 0 Å². The van der Waals surface area contributed by atoms with Crippen molar-refractivity contribution in [2.45, 2.75) is 18.9 Å². The number of alkyl halides is 2. The average Bonchev–Trinajstić information content (AvgIpc) is 1.87. The molecule has 0 spiro atoms. The van der Waals surface area contributed by atoms with Crippen LogP contribution < -0.4 is 5.73 Å². The lowest BCUT2D eigenvalue weighted by atomic mass is 10.2. The van der Waals surface area contributed by atoms with Gasteiger partial charge in [-0.15, -0.1) is 0 Å². The molecule has 0 heterocycles. The van der Waals surface area contributed by atoms with Crippen molar-refractivity contribution in [3.05, 3.63) is 0 Å². The minimum atomic E-state index is -2.67. The van der Waals surface area contributed by atoms with Crippen LogP contribution in [0.4, 0.5) is 8.78 Å². The molecule has 0 fully saturated rings. The van der Waals surface area contributed by atoms with Crippen LogP contribution >= 0.6 is 0 Å². The number of rotatable bonds is 3. The van der Waals surface area contributed by atoms with E-state index in [-0.39, 0.29) is 0 Å². The number of halogens is 2. The van der Waals surface area contributed by atoms with E-state index in [1.165, 1.54) is 0 Å². The molecule has 1 atom stereocenters. The lowest BCUT2D eigenvalue weighted by Crippen LogP contribution is -2.31. The van der Waals surface area contributed by atoms with Gasteiger partial charge in [0, 0.05) is 0 Å². The molecule has 2 N–H and O–H groups in total. The first-order chi connectivity index (χ1) is 4.57. The molecule has 5 heteroatoms. The number of carbonyl (C=O) groups excluding carboxylic acids is 1. The van der Waals surface area contributed by atoms with Gasteiger partial charge in [-0.25, -0.2) is 8.78 Å². The van der Waals surface area contributed by atoms with Crippen LogP contribution in [0.25, 0.3) is 0 Å². The zero-order valence-corrected chi connectivity index (χ0v) is 5.51. The Morgan fingerprint density at radius 3 is 2.50 bits per heavy atom. The van der Waals surface area contributed by atoms with Gasteiger partial charge in [-0.1, -0.05) is 0 Å². The first-order valence-electron chi connectivity index (χ1n) is 2.68. The van der Waals surface area contributed by atoms with E-state index in [9.17, 15) is 13.6 Å². The normalized spacial score (nSPS) is 13.3. The van der Waals surface area contributed by atoms with Crippen molar-refractivity contribution < 1.29 is 18.3 Å². The SMILES string of the molecule is COC(=O)CC(N)C(F)F. The molecule has 0 aromatic heterocycles. The quantitative estimate of drug-likeness (QED) is 0.587. The highest BCUT2D eigenvalue weighted by Crippen LogP contribution is 2.02. The average molecular weight is 153 g/mol. The third-order valence-corrected chi connectivity index (χ3v) is 0.954. The summed E-state index contributed by atoms with van der Waals surface area (Å²) in [5.41, 5.74) is 4.84. The fourth-order valence-electron chi connectivity index (χ4n) is 0.365. The highest BCUT2D eigenvalue weighted by atomic mass is 19.3. The molecule has 0 rings (SSSR count). The van der Waals surface area contributed by atoms with Gasteiger partial charge in [0.15, 0.2) is 0 Å². The van der Waals surface area contributed by atoms with Gasteiger partial charge >= 0.3 is 5.97 Å². The number of carbonyl (C=O) groups is 1. The van der Waals surface area contributed by atoms with E-state index in [0.29, 0.717) is 0 Å². The molecule has 0 saturated carbocycles. The maximum absolute atomic E-state index is 11.6. The number of methoxy groups -OCH3 is 1. The molecule has 60 valence electrons. The first kappa shape index (κ1) is 9.29. The Hall–Kier alpha value is -0.710. The minimum absolute atomic E-state index is 0.436. The molecule has 1 unspecified atom stereocenters. The number of esters is 1. The minimum Gasteiger partial charge on any atom is -0.469 e. The van der Waals surface area contributed by atoms with E-state index in [4.69, 9.17) is 5.73 Å². The first-order valence-corrected chi connectivity index (χ1v) is 2.68. The molecule has 0 radical (unpaired) electrons. The van der Waals surface area contributed by atoms with E-state index < -0.39 is 24.9 Å². The molecule has 0 aromatic carbocycles. The lowest BCUT2D eigenvalue weighted by Gasteiger charge is -2.07. The van der Waals surface area contributed by atoms with Crippen molar-refractivity contribution in [2.24, 2.45) is 5.73 Å². The third kappa shape index (κ3) is 3.34. The maximum Gasteiger partial charge on any atom is 0.307 e. The molecule has 0 saturated heterocycles. The second-order valence-corrected chi connectivity index (χ2v) is 1.78. The van der Waals surface area contributed by atoms with Crippen LogP contribution in [0.5, 0.6) is 0 Å². The smallest absolute Gasteiger partial charge is 0.307 e. The Morgan fingerprint density at radius 2 is 2.20 bits per heavy atom. The summed E-state index contributed by atoms with van der Waals surface area (Å²) in [6, 6.07) is -1.41. The van der Waals surface area contributed by atoms with Crippen LogP contribution in [0.1, 0.15) is 6.42 Å². The van der Waals surface area contributed by atoms with Gasteiger partial charge in [-0.05, 0) is 0 Å². The molecular weight excluding hydrogens is 144 g/mol. The molecule has 10 heavy (non-hydrogen) atoms. The number of hydrogen-bond acceptors (Lipinski definition) is 3. The summed E-state index contributed by atoms with van der Waals surface area (Å²) in [7, 11) is 1.13. The summed E-state index contributed by atoms with van der Waals surface area (Å²) in [4.78, 5) is 10.3. The highest BCUT2D eigenvalue weighted by Gasteiger charge is 2.18. The predicted octanol–water partition coefficient (Wildman–Crippen LogP) is 0.142. The molecule has 3 nitrogen and oxygen atoms in total. The second kappa shape index (κ2) is 4.16. The van der Waals surface area contributed by atoms with Crippen molar-refractivity contribution in [1.82, 2.24) is 0 Å². The molecular formula is C5H9F2NO2. The highest BCUT2D eigenvalue weighted by molar-refractivity contribution is 5.69. The van der Waals surface area contributed by atoms with Gasteiger partial charge in [0.1, 0.15) is 0 Å². The molecule has 0 aliphatic carbocycles.